The fourth-order valence-electron chi connectivity index (χ4n) is 1.57. The van der Waals surface area contributed by atoms with E-state index < -0.39 is 0 Å². The molecule has 4 unspecified atom stereocenters. The molecule has 9 heavy (non-hydrogen) atoms. The lowest BCUT2D eigenvalue weighted by atomic mass is 9.95. The van der Waals surface area contributed by atoms with E-state index in [1.54, 1.807) is 0 Å². The number of rotatable bonds is 0. The van der Waals surface area contributed by atoms with Crippen molar-refractivity contribution in [3.63, 3.8) is 0 Å². The number of nitrogens with one attached hydrogen (secondary N) is 1. The van der Waals surface area contributed by atoms with Gasteiger partial charge in [0.1, 0.15) is 0 Å². The van der Waals surface area contributed by atoms with Gasteiger partial charge in [-0.05, 0) is 12.8 Å². The van der Waals surface area contributed by atoms with Gasteiger partial charge in [0.15, 0.2) is 0 Å². The molecular formula is C6H11NO2. The third kappa shape index (κ3) is 0.764. The van der Waals surface area contributed by atoms with E-state index >= 15 is 0 Å². The number of aliphatic hydroxyl groups excluding tert-OH is 2. The van der Waals surface area contributed by atoms with Crippen LogP contribution in [0.4, 0.5) is 0 Å². The standard InChI is InChI=1S/C6H11NO2/c8-3-1-2-4(9)6-5(3)7-6/h3-9H,1-2H2. The van der Waals surface area contributed by atoms with Crippen LogP contribution in [0, 0.1) is 0 Å². The van der Waals surface area contributed by atoms with Gasteiger partial charge in [-0.2, -0.15) is 0 Å². The first kappa shape index (κ1) is 5.65. The van der Waals surface area contributed by atoms with E-state index in [2.05, 4.69) is 5.32 Å². The van der Waals surface area contributed by atoms with E-state index in [1.165, 1.54) is 0 Å². The molecule has 3 nitrogen and oxygen atoms in total. The highest BCUT2D eigenvalue weighted by Crippen LogP contribution is 2.29. The summed E-state index contributed by atoms with van der Waals surface area (Å²) in [4.78, 5) is 0. The third-order valence-electron chi connectivity index (χ3n) is 2.25. The Morgan fingerprint density at radius 2 is 1.44 bits per heavy atom. The summed E-state index contributed by atoms with van der Waals surface area (Å²) < 4.78 is 0. The maximum Gasteiger partial charge on any atom is 0.0710 e. The van der Waals surface area contributed by atoms with Crippen molar-refractivity contribution in [2.45, 2.75) is 37.1 Å². The molecule has 2 fully saturated rings. The smallest absolute Gasteiger partial charge is 0.0710 e. The van der Waals surface area contributed by atoms with Crippen molar-refractivity contribution in [3.8, 4) is 0 Å². The van der Waals surface area contributed by atoms with E-state index in [-0.39, 0.29) is 24.3 Å². The summed E-state index contributed by atoms with van der Waals surface area (Å²) in [5, 5.41) is 21.4. The zero-order valence-electron chi connectivity index (χ0n) is 5.12. The van der Waals surface area contributed by atoms with E-state index in [0.29, 0.717) is 0 Å². The van der Waals surface area contributed by atoms with Gasteiger partial charge in [0.05, 0.1) is 24.3 Å². The van der Waals surface area contributed by atoms with E-state index in [4.69, 9.17) is 10.2 Å². The van der Waals surface area contributed by atoms with Crippen LogP contribution in [0.3, 0.4) is 0 Å². The van der Waals surface area contributed by atoms with Crippen LogP contribution in [0.2, 0.25) is 0 Å². The van der Waals surface area contributed by atoms with Gasteiger partial charge in [-0.15, -0.1) is 0 Å². The van der Waals surface area contributed by atoms with Gasteiger partial charge in [-0.1, -0.05) is 0 Å². The lowest BCUT2D eigenvalue weighted by molar-refractivity contribution is 0.0802. The predicted octanol–water partition coefficient (Wildman–Crippen LogP) is -1.16. The number of aliphatic hydroxyl groups is 2. The molecule has 0 bridgehead atoms. The maximum atomic E-state index is 9.16. The molecule has 0 radical (unpaired) electrons. The van der Waals surface area contributed by atoms with Crippen LogP contribution in [-0.4, -0.2) is 34.5 Å². The van der Waals surface area contributed by atoms with E-state index in [0.717, 1.165) is 12.8 Å². The highest BCUT2D eigenvalue weighted by Gasteiger charge is 2.49. The maximum absolute atomic E-state index is 9.16. The summed E-state index contributed by atoms with van der Waals surface area (Å²) in [7, 11) is 0. The minimum atomic E-state index is -0.210. The Morgan fingerprint density at radius 3 is 1.89 bits per heavy atom. The minimum absolute atomic E-state index is 0.203. The SMILES string of the molecule is OC1CCC(O)C2NC12. The molecule has 4 atom stereocenters. The van der Waals surface area contributed by atoms with Crippen molar-refractivity contribution >= 4 is 0 Å². The molecule has 1 aliphatic heterocycles. The second kappa shape index (κ2) is 1.68. The first-order valence-corrected chi connectivity index (χ1v) is 3.41. The van der Waals surface area contributed by atoms with Crippen molar-refractivity contribution in [2.24, 2.45) is 0 Å². The summed E-state index contributed by atoms with van der Waals surface area (Å²) in [5.41, 5.74) is 0. The molecule has 3 heteroatoms. The zero-order valence-corrected chi connectivity index (χ0v) is 5.12. The number of hydrogen-bond donors (Lipinski definition) is 3. The van der Waals surface area contributed by atoms with Crippen LogP contribution in [0.15, 0.2) is 0 Å². The van der Waals surface area contributed by atoms with Crippen LogP contribution in [0.5, 0.6) is 0 Å². The van der Waals surface area contributed by atoms with Crippen LogP contribution in [0.25, 0.3) is 0 Å². The first-order valence-electron chi connectivity index (χ1n) is 3.41. The highest BCUT2D eigenvalue weighted by molar-refractivity contribution is 5.09. The van der Waals surface area contributed by atoms with Gasteiger partial charge in [-0.25, -0.2) is 0 Å². The fourth-order valence-corrected chi connectivity index (χ4v) is 1.57. The Balaban J connectivity index is 2.01. The Labute approximate surface area is 53.7 Å². The van der Waals surface area contributed by atoms with Gasteiger partial charge in [0.25, 0.3) is 0 Å². The normalized spacial score (nSPS) is 56.7. The van der Waals surface area contributed by atoms with Crippen LogP contribution < -0.4 is 5.32 Å². The number of fused-ring (bicyclic) bond motifs is 1. The Kier molecular flexibility index (Phi) is 1.06. The molecule has 1 saturated carbocycles. The van der Waals surface area contributed by atoms with E-state index in [1.807, 2.05) is 0 Å². The molecule has 3 N–H and O–H groups in total. The zero-order chi connectivity index (χ0) is 6.43. The Morgan fingerprint density at radius 1 is 1.00 bits per heavy atom. The summed E-state index contributed by atoms with van der Waals surface area (Å²) in [6, 6.07) is 0.405. The average Bonchev–Trinajstić information content (AvgIpc) is 2.57. The van der Waals surface area contributed by atoms with Gasteiger partial charge in [0.2, 0.25) is 0 Å². The largest absolute Gasteiger partial charge is 0.391 e. The van der Waals surface area contributed by atoms with Crippen LogP contribution in [-0.2, 0) is 0 Å². The predicted molar refractivity (Wildman–Crippen MR) is 32.0 cm³/mol. The molecule has 52 valence electrons. The van der Waals surface area contributed by atoms with E-state index in [9.17, 15) is 0 Å². The Hall–Kier alpha value is -0.120. The third-order valence-corrected chi connectivity index (χ3v) is 2.25. The first-order chi connectivity index (χ1) is 4.29. The molecular weight excluding hydrogens is 118 g/mol. The summed E-state index contributed by atoms with van der Waals surface area (Å²) >= 11 is 0. The van der Waals surface area contributed by atoms with Gasteiger partial charge >= 0.3 is 0 Å². The number of hydrogen-bond acceptors (Lipinski definition) is 3. The average molecular weight is 129 g/mol. The highest BCUT2D eigenvalue weighted by atomic mass is 16.3. The second-order valence-corrected chi connectivity index (χ2v) is 2.93. The molecule has 2 aliphatic rings. The molecule has 1 aliphatic carbocycles. The fraction of sp³-hybridized carbons (Fsp3) is 1.00. The Bertz CT molecular complexity index is 114. The topological polar surface area (TPSA) is 62.4 Å². The molecule has 1 saturated heterocycles. The molecule has 0 spiro atoms. The molecule has 0 aromatic heterocycles. The van der Waals surface area contributed by atoms with Gasteiger partial charge < -0.3 is 15.5 Å². The summed E-state index contributed by atoms with van der Waals surface area (Å²) in [6.45, 7) is 0. The lowest BCUT2D eigenvalue weighted by Gasteiger charge is -2.17. The van der Waals surface area contributed by atoms with Gasteiger partial charge in [-0.3, -0.25) is 0 Å². The second-order valence-electron chi connectivity index (χ2n) is 2.93. The monoisotopic (exact) mass is 129 g/mol. The van der Waals surface area contributed by atoms with Crippen molar-refractivity contribution in [1.82, 2.24) is 5.32 Å². The van der Waals surface area contributed by atoms with Crippen molar-refractivity contribution in [1.29, 1.82) is 0 Å². The summed E-state index contributed by atoms with van der Waals surface area (Å²) in [6.07, 6.45) is 1.07. The quantitative estimate of drug-likeness (QED) is 0.362. The lowest BCUT2D eigenvalue weighted by Crippen LogP contribution is -2.30. The van der Waals surface area contributed by atoms with Crippen LogP contribution in [0.1, 0.15) is 12.8 Å². The molecule has 0 aromatic carbocycles. The molecule has 2 rings (SSSR count). The van der Waals surface area contributed by atoms with Crippen molar-refractivity contribution in [3.05, 3.63) is 0 Å². The van der Waals surface area contributed by atoms with Crippen molar-refractivity contribution in [2.75, 3.05) is 0 Å². The van der Waals surface area contributed by atoms with Gasteiger partial charge in [0, 0.05) is 0 Å². The molecule has 0 aromatic rings. The summed E-state index contributed by atoms with van der Waals surface area (Å²) in [5.74, 6) is 0. The minimum Gasteiger partial charge on any atom is -0.391 e. The van der Waals surface area contributed by atoms with Crippen molar-refractivity contribution < 1.29 is 10.2 Å². The molecule has 1 heterocycles. The molecule has 0 amide bonds. The van der Waals surface area contributed by atoms with Crippen LogP contribution >= 0.6 is 0 Å².